The molecular weight excluding hydrogens is 372 g/mol. The van der Waals surface area contributed by atoms with E-state index in [-0.39, 0.29) is 17.9 Å². The van der Waals surface area contributed by atoms with Crippen LogP contribution in [0.15, 0.2) is 60.7 Å². The molecule has 3 aromatic carbocycles. The van der Waals surface area contributed by atoms with Crippen LogP contribution in [0.25, 0.3) is 10.8 Å². The summed E-state index contributed by atoms with van der Waals surface area (Å²) in [4.78, 5) is 11.2. The lowest BCUT2D eigenvalue weighted by Crippen LogP contribution is -2.33. The third-order valence-electron chi connectivity index (χ3n) is 4.34. The van der Waals surface area contributed by atoms with Crippen molar-refractivity contribution < 1.29 is 24.5 Å². The molecule has 3 rings (SSSR count). The number of aliphatic hydroxyl groups is 1. The lowest BCUT2D eigenvalue weighted by Gasteiger charge is -2.15. The van der Waals surface area contributed by atoms with E-state index in [2.05, 4.69) is 5.32 Å². The summed E-state index contributed by atoms with van der Waals surface area (Å²) in [6.45, 7) is 1.32. The van der Waals surface area contributed by atoms with Crippen LogP contribution in [0.1, 0.15) is 10.4 Å². The average Bonchev–Trinajstić information content (AvgIpc) is 2.72. The molecule has 1 unspecified atom stereocenters. The Morgan fingerprint density at radius 2 is 1.86 bits per heavy atom. The van der Waals surface area contributed by atoms with E-state index in [1.165, 1.54) is 12.1 Å². The molecule has 0 bridgehead atoms. The number of benzene rings is 3. The Balaban J connectivity index is 1.39. The Hall–Kier alpha value is -3.29. The second-order valence-electron chi connectivity index (χ2n) is 6.54. The number of carbonyl (C=O) groups is 1. The molecule has 0 fully saturated rings. The maximum absolute atomic E-state index is 11.2. The Labute approximate surface area is 168 Å². The number of nitrogens with two attached hydrogens (primary N) is 1. The van der Waals surface area contributed by atoms with Crippen molar-refractivity contribution in [1.82, 2.24) is 5.32 Å². The summed E-state index contributed by atoms with van der Waals surface area (Å²) in [7, 11) is 0. The molecule has 7 heteroatoms. The van der Waals surface area contributed by atoms with Gasteiger partial charge in [-0.25, -0.2) is 0 Å². The third-order valence-corrected chi connectivity index (χ3v) is 4.34. The molecule has 0 saturated carbocycles. The number of primary amides is 1. The second kappa shape index (κ2) is 9.77. The highest BCUT2D eigenvalue weighted by Gasteiger charge is 2.09. The van der Waals surface area contributed by atoms with Gasteiger partial charge in [-0.05, 0) is 29.7 Å². The Kier molecular flexibility index (Phi) is 6.89. The van der Waals surface area contributed by atoms with Crippen LogP contribution in [-0.4, -0.2) is 48.5 Å². The molecule has 0 radical (unpaired) electrons. The van der Waals surface area contributed by atoms with Crippen molar-refractivity contribution in [3.63, 3.8) is 0 Å². The highest BCUT2D eigenvalue weighted by Crippen LogP contribution is 2.25. The number of hydrogen-bond donors (Lipinski definition) is 4. The quantitative estimate of drug-likeness (QED) is 0.390. The molecule has 0 aliphatic heterocycles. The first kappa shape index (κ1) is 20.4. The van der Waals surface area contributed by atoms with Crippen molar-refractivity contribution in [2.24, 2.45) is 5.73 Å². The Bertz CT molecular complexity index is 971. The predicted octanol–water partition coefficient (Wildman–Crippen LogP) is 2.05. The molecule has 152 valence electrons. The summed E-state index contributed by atoms with van der Waals surface area (Å²) in [5, 5.41) is 24.9. The van der Waals surface area contributed by atoms with Crippen molar-refractivity contribution in [2.75, 3.05) is 26.3 Å². The molecule has 0 aromatic heterocycles. The van der Waals surface area contributed by atoms with Crippen molar-refractivity contribution >= 4 is 16.7 Å². The van der Waals surface area contributed by atoms with Gasteiger partial charge in [0.1, 0.15) is 36.6 Å². The lowest BCUT2D eigenvalue weighted by atomic mass is 10.1. The highest BCUT2D eigenvalue weighted by atomic mass is 16.5. The molecule has 0 heterocycles. The van der Waals surface area contributed by atoms with Gasteiger partial charge in [0.15, 0.2) is 0 Å². The fourth-order valence-electron chi connectivity index (χ4n) is 2.88. The van der Waals surface area contributed by atoms with Crippen LogP contribution in [0.3, 0.4) is 0 Å². The van der Waals surface area contributed by atoms with Gasteiger partial charge in [0.2, 0.25) is 0 Å². The number of carbonyl (C=O) groups excluding carboxylic acids is 1. The summed E-state index contributed by atoms with van der Waals surface area (Å²) in [5.74, 6) is 0.263. The molecule has 0 saturated heterocycles. The van der Waals surface area contributed by atoms with Gasteiger partial charge < -0.3 is 30.7 Å². The number of rotatable bonds is 10. The largest absolute Gasteiger partial charge is 0.507 e. The number of fused-ring (bicyclic) bond motifs is 1. The first-order valence-corrected chi connectivity index (χ1v) is 9.29. The maximum atomic E-state index is 11.2. The van der Waals surface area contributed by atoms with Gasteiger partial charge >= 0.3 is 0 Å². The molecule has 0 aliphatic carbocycles. The van der Waals surface area contributed by atoms with E-state index >= 15 is 0 Å². The SMILES string of the molecule is NC(=O)c1cc(OCCNCC(O)COc2cccc3ccccc23)ccc1O. The minimum absolute atomic E-state index is 0.0106. The average molecular weight is 396 g/mol. The van der Waals surface area contributed by atoms with Crippen molar-refractivity contribution in [3.8, 4) is 17.2 Å². The minimum atomic E-state index is -0.722. The first-order valence-electron chi connectivity index (χ1n) is 9.29. The van der Waals surface area contributed by atoms with Gasteiger partial charge in [-0.2, -0.15) is 0 Å². The number of nitrogens with one attached hydrogen (secondary N) is 1. The zero-order valence-corrected chi connectivity index (χ0v) is 15.9. The van der Waals surface area contributed by atoms with Gasteiger partial charge in [-0.1, -0.05) is 36.4 Å². The van der Waals surface area contributed by atoms with E-state index in [0.29, 0.717) is 25.4 Å². The maximum Gasteiger partial charge on any atom is 0.252 e. The molecule has 0 aliphatic rings. The van der Waals surface area contributed by atoms with Crippen LogP contribution in [0.5, 0.6) is 17.2 Å². The fraction of sp³-hybridized carbons (Fsp3) is 0.227. The molecule has 5 N–H and O–H groups in total. The van der Waals surface area contributed by atoms with Crippen LogP contribution in [0, 0.1) is 0 Å². The van der Waals surface area contributed by atoms with Gasteiger partial charge in [0.05, 0.1) is 5.56 Å². The molecular formula is C22H24N2O5. The van der Waals surface area contributed by atoms with Crippen LogP contribution in [-0.2, 0) is 0 Å². The van der Waals surface area contributed by atoms with Gasteiger partial charge in [0, 0.05) is 18.5 Å². The zero-order chi connectivity index (χ0) is 20.6. The predicted molar refractivity (Wildman–Crippen MR) is 110 cm³/mol. The third kappa shape index (κ3) is 5.60. The first-order chi connectivity index (χ1) is 14.0. The lowest BCUT2D eigenvalue weighted by molar-refractivity contribution is 0.0996. The normalized spacial score (nSPS) is 11.9. The van der Waals surface area contributed by atoms with E-state index in [1.807, 2.05) is 42.5 Å². The monoisotopic (exact) mass is 396 g/mol. The van der Waals surface area contributed by atoms with Gasteiger partial charge in [-0.3, -0.25) is 4.79 Å². The minimum Gasteiger partial charge on any atom is -0.507 e. The fourth-order valence-corrected chi connectivity index (χ4v) is 2.88. The van der Waals surface area contributed by atoms with Gasteiger partial charge in [-0.15, -0.1) is 0 Å². The number of ether oxygens (including phenoxy) is 2. The molecule has 7 nitrogen and oxygen atoms in total. The summed E-state index contributed by atoms with van der Waals surface area (Å²) >= 11 is 0. The topological polar surface area (TPSA) is 114 Å². The van der Waals surface area contributed by atoms with Crippen LogP contribution >= 0.6 is 0 Å². The summed E-state index contributed by atoms with van der Waals surface area (Å²) < 4.78 is 11.3. The summed E-state index contributed by atoms with van der Waals surface area (Å²) in [5.41, 5.74) is 5.20. The number of hydrogen-bond acceptors (Lipinski definition) is 6. The summed E-state index contributed by atoms with van der Waals surface area (Å²) in [6, 6.07) is 18.0. The van der Waals surface area contributed by atoms with Crippen molar-refractivity contribution in [2.45, 2.75) is 6.10 Å². The van der Waals surface area contributed by atoms with E-state index in [9.17, 15) is 15.0 Å². The van der Waals surface area contributed by atoms with Crippen LogP contribution in [0.2, 0.25) is 0 Å². The molecule has 3 aromatic rings. The van der Waals surface area contributed by atoms with Gasteiger partial charge in [0.25, 0.3) is 5.91 Å². The Morgan fingerprint density at radius 1 is 1.07 bits per heavy atom. The number of phenols is 1. The van der Waals surface area contributed by atoms with E-state index < -0.39 is 12.0 Å². The van der Waals surface area contributed by atoms with E-state index in [4.69, 9.17) is 15.2 Å². The van der Waals surface area contributed by atoms with Crippen molar-refractivity contribution in [3.05, 3.63) is 66.2 Å². The standard InChI is InChI=1S/C22H24N2O5/c23-22(27)19-12-17(8-9-20(19)26)28-11-10-24-13-16(25)14-29-21-7-3-5-15-4-1-2-6-18(15)21/h1-9,12,16,24-26H,10-11,13-14H2,(H2,23,27). The van der Waals surface area contributed by atoms with E-state index in [1.54, 1.807) is 6.07 Å². The number of aromatic hydroxyl groups is 1. The number of aliphatic hydroxyl groups excluding tert-OH is 1. The highest BCUT2D eigenvalue weighted by molar-refractivity contribution is 5.95. The second-order valence-corrected chi connectivity index (χ2v) is 6.54. The Morgan fingerprint density at radius 3 is 2.69 bits per heavy atom. The van der Waals surface area contributed by atoms with Crippen molar-refractivity contribution in [1.29, 1.82) is 0 Å². The smallest absolute Gasteiger partial charge is 0.252 e. The molecule has 1 atom stereocenters. The van der Waals surface area contributed by atoms with Crippen LogP contribution in [0.4, 0.5) is 0 Å². The van der Waals surface area contributed by atoms with E-state index in [0.717, 1.165) is 16.5 Å². The number of amides is 1. The molecule has 1 amide bonds. The molecule has 0 spiro atoms. The molecule has 29 heavy (non-hydrogen) atoms. The zero-order valence-electron chi connectivity index (χ0n) is 15.9. The summed E-state index contributed by atoms with van der Waals surface area (Å²) in [6.07, 6.45) is -0.677. The van der Waals surface area contributed by atoms with Crippen LogP contribution < -0.4 is 20.5 Å².